The molecule has 0 aliphatic heterocycles. The van der Waals surface area contributed by atoms with Gasteiger partial charge in [-0.1, -0.05) is 60.3 Å². The summed E-state index contributed by atoms with van der Waals surface area (Å²) in [6.07, 6.45) is 11.2. The molecule has 1 N–H and O–H groups in total. The van der Waals surface area contributed by atoms with Crippen LogP contribution in [-0.4, -0.2) is 36.1 Å². The summed E-state index contributed by atoms with van der Waals surface area (Å²) in [5.74, 6) is 0.868. The second-order valence-electron chi connectivity index (χ2n) is 6.77. The van der Waals surface area contributed by atoms with E-state index in [-0.39, 0.29) is 0 Å². The minimum atomic E-state index is 0.342. The van der Waals surface area contributed by atoms with Gasteiger partial charge in [0.2, 0.25) is 0 Å². The molecule has 21 heavy (non-hydrogen) atoms. The molecule has 2 heteroatoms. The first kappa shape index (κ1) is 19.0. The Morgan fingerprint density at radius 2 is 1.43 bits per heavy atom. The summed E-state index contributed by atoms with van der Waals surface area (Å²) in [6, 6.07) is 0.662. The van der Waals surface area contributed by atoms with Crippen LogP contribution in [0.1, 0.15) is 86.0 Å². The lowest BCUT2D eigenvalue weighted by Gasteiger charge is -2.51. The van der Waals surface area contributed by atoms with E-state index in [1.54, 1.807) is 0 Å². The van der Waals surface area contributed by atoms with Crippen LogP contribution in [-0.2, 0) is 0 Å². The van der Waals surface area contributed by atoms with Crippen molar-refractivity contribution >= 4 is 0 Å². The van der Waals surface area contributed by atoms with Gasteiger partial charge in [-0.25, -0.2) is 0 Å². The summed E-state index contributed by atoms with van der Waals surface area (Å²) in [7, 11) is 0. The van der Waals surface area contributed by atoms with E-state index in [1.165, 1.54) is 64.5 Å². The molecule has 0 aromatic carbocycles. The Balaban J connectivity index is 3.05. The molecule has 1 fully saturated rings. The maximum Gasteiger partial charge on any atom is 0.0359 e. The maximum absolute atomic E-state index is 3.93. The minimum absolute atomic E-state index is 0.342. The van der Waals surface area contributed by atoms with Crippen LogP contribution in [0.3, 0.4) is 0 Å². The summed E-state index contributed by atoms with van der Waals surface area (Å²) in [5, 5.41) is 3.93. The first-order valence-corrected chi connectivity index (χ1v) is 9.68. The zero-order valence-corrected chi connectivity index (χ0v) is 15.4. The van der Waals surface area contributed by atoms with Crippen molar-refractivity contribution in [2.45, 2.75) is 97.6 Å². The van der Waals surface area contributed by atoms with Crippen LogP contribution in [0, 0.1) is 5.92 Å². The van der Waals surface area contributed by atoms with Crippen molar-refractivity contribution in [3.63, 3.8) is 0 Å². The molecule has 1 atom stereocenters. The molecule has 1 saturated carbocycles. The molecule has 1 rings (SSSR count). The average molecular weight is 297 g/mol. The minimum Gasteiger partial charge on any atom is -0.312 e. The third kappa shape index (κ3) is 4.45. The SMILES string of the molecule is CCNC(C1CCCCCC1)C(CC)(CC)N(CC)CC. The Bertz CT molecular complexity index is 248. The van der Waals surface area contributed by atoms with Crippen LogP contribution in [0.2, 0.25) is 0 Å². The van der Waals surface area contributed by atoms with Gasteiger partial charge in [0.1, 0.15) is 0 Å². The van der Waals surface area contributed by atoms with E-state index in [1.807, 2.05) is 0 Å². The van der Waals surface area contributed by atoms with Crippen LogP contribution >= 0.6 is 0 Å². The lowest BCUT2D eigenvalue weighted by atomic mass is 9.73. The molecule has 2 nitrogen and oxygen atoms in total. The van der Waals surface area contributed by atoms with Gasteiger partial charge in [0.15, 0.2) is 0 Å². The standard InChI is InChI=1S/C19H40N2/c1-6-19(7-2,21(9-4)10-5)18(20-8-3)17-15-13-11-12-14-16-17/h17-18,20H,6-16H2,1-5H3. The van der Waals surface area contributed by atoms with Gasteiger partial charge >= 0.3 is 0 Å². The fourth-order valence-electron chi connectivity index (χ4n) is 4.85. The summed E-state index contributed by atoms with van der Waals surface area (Å²) >= 11 is 0. The Kier molecular flexibility index (Phi) is 8.89. The predicted octanol–water partition coefficient (Wildman–Crippen LogP) is 4.84. The number of hydrogen-bond donors (Lipinski definition) is 1. The highest BCUT2D eigenvalue weighted by molar-refractivity contribution is 5.01. The average Bonchev–Trinajstić information content (AvgIpc) is 2.80. The Hall–Kier alpha value is -0.0800. The molecule has 0 aromatic heterocycles. The third-order valence-corrected chi connectivity index (χ3v) is 5.99. The molecular weight excluding hydrogens is 256 g/mol. The molecule has 1 unspecified atom stereocenters. The van der Waals surface area contributed by atoms with Gasteiger partial charge in [-0.05, 0) is 51.2 Å². The van der Waals surface area contributed by atoms with Crippen LogP contribution in [0.15, 0.2) is 0 Å². The van der Waals surface area contributed by atoms with Gasteiger partial charge in [-0.15, -0.1) is 0 Å². The van der Waals surface area contributed by atoms with E-state index >= 15 is 0 Å². The van der Waals surface area contributed by atoms with Gasteiger partial charge in [0.25, 0.3) is 0 Å². The fraction of sp³-hybridized carbons (Fsp3) is 1.00. The molecule has 0 heterocycles. The van der Waals surface area contributed by atoms with Gasteiger partial charge < -0.3 is 5.32 Å². The summed E-state index contributed by atoms with van der Waals surface area (Å²) in [4.78, 5) is 2.74. The zero-order valence-electron chi connectivity index (χ0n) is 15.4. The molecule has 0 aromatic rings. The Morgan fingerprint density at radius 3 is 1.81 bits per heavy atom. The molecule has 0 spiro atoms. The van der Waals surface area contributed by atoms with Crippen molar-refractivity contribution in [1.82, 2.24) is 10.2 Å². The second-order valence-corrected chi connectivity index (χ2v) is 6.77. The number of nitrogens with zero attached hydrogens (tertiary/aromatic N) is 1. The Labute approximate surface area is 134 Å². The van der Waals surface area contributed by atoms with Crippen molar-refractivity contribution in [3.8, 4) is 0 Å². The smallest absolute Gasteiger partial charge is 0.0359 e. The molecule has 0 saturated heterocycles. The highest BCUT2D eigenvalue weighted by Crippen LogP contribution is 2.37. The normalized spacial score (nSPS) is 19.7. The lowest BCUT2D eigenvalue weighted by molar-refractivity contribution is 0.0237. The van der Waals surface area contributed by atoms with E-state index in [4.69, 9.17) is 0 Å². The van der Waals surface area contributed by atoms with E-state index < -0.39 is 0 Å². The summed E-state index contributed by atoms with van der Waals surface area (Å²) in [6.45, 7) is 15.2. The molecule has 0 radical (unpaired) electrons. The quantitative estimate of drug-likeness (QED) is 0.613. The van der Waals surface area contributed by atoms with Gasteiger partial charge in [-0.2, -0.15) is 0 Å². The number of rotatable bonds is 9. The second kappa shape index (κ2) is 9.84. The Morgan fingerprint density at radius 1 is 0.905 bits per heavy atom. The van der Waals surface area contributed by atoms with E-state index in [0.717, 1.165) is 12.5 Å². The van der Waals surface area contributed by atoms with E-state index in [9.17, 15) is 0 Å². The fourth-order valence-corrected chi connectivity index (χ4v) is 4.85. The van der Waals surface area contributed by atoms with Crippen molar-refractivity contribution in [1.29, 1.82) is 0 Å². The zero-order chi connectivity index (χ0) is 15.7. The van der Waals surface area contributed by atoms with Crippen molar-refractivity contribution in [3.05, 3.63) is 0 Å². The molecular formula is C19H40N2. The predicted molar refractivity (Wildman–Crippen MR) is 94.9 cm³/mol. The molecule has 0 amide bonds. The van der Waals surface area contributed by atoms with Crippen LogP contribution in [0.5, 0.6) is 0 Å². The van der Waals surface area contributed by atoms with Crippen LogP contribution in [0.25, 0.3) is 0 Å². The van der Waals surface area contributed by atoms with Crippen LogP contribution < -0.4 is 5.32 Å². The van der Waals surface area contributed by atoms with Crippen molar-refractivity contribution < 1.29 is 0 Å². The molecule has 1 aliphatic carbocycles. The van der Waals surface area contributed by atoms with Crippen molar-refractivity contribution in [2.75, 3.05) is 19.6 Å². The monoisotopic (exact) mass is 296 g/mol. The highest BCUT2D eigenvalue weighted by atomic mass is 15.2. The first-order valence-electron chi connectivity index (χ1n) is 9.68. The topological polar surface area (TPSA) is 15.3 Å². The number of likely N-dealkylation sites (N-methyl/N-ethyl adjacent to an activating group) is 2. The van der Waals surface area contributed by atoms with Crippen molar-refractivity contribution in [2.24, 2.45) is 5.92 Å². The number of nitrogens with one attached hydrogen (secondary N) is 1. The maximum atomic E-state index is 3.93. The highest BCUT2D eigenvalue weighted by Gasteiger charge is 2.43. The first-order chi connectivity index (χ1) is 10.2. The van der Waals surface area contributed by atoms with Gasteiger partial charge in [0, 0.05) is 11.6 Å². The molecule has 1 aliphatic rings. The largest absolute Gasteiger partial charge is 0.312 e. The van der Waals surface area contributed by atoms with Gasteiger partial charge in [-0.3, -0.25) is 4.90 Å². The van der Waals surface area contributed by atoms with Crippen LogP contribution in [0.4, 0.5) is 0 Å². The molecule has 0 bridgehead atoms. The third-order valence-electron chi connectivity index (χ3n) is 5.99. The van der Waals surface area contributed by atoms with E-state index in [2.05, 4.69) is 44.8 Å². The van der Waals surface area contributed by atoms with E-state index in [0.29, 0.717) is 11.6 Å². The lowest BCUT2D eigenvalue weighted by Crippen LogP contribution is -2.63. The van der Waals surface area contributed by atoms with Gasteiger partial charge in [0.05, 0.1) is 0 Å². The summed E-state index contributed by atoms with van der Waals surface area (Å²) in [5.41, 5.74) is 0.342. The summed E-state index contributed by atoms with van der Waals surface area (Å²) < 4.78 is 0. The number of hydrogen-bond acceptors (Lipinski definition) is 2. The molecule has 126 valence electrons.